The van der Waals surface area contributed by atoms with Crippen molar-refractivity contribution in [1.29, 1.82) is 0 Å². The maximum atomic E-state index is 12.1. The Morgan fingerprint density at radius 3 is 3.00 bits per heavy atom. The lowest BCUT2D eigenvalue weighted by molar-refractivity contribution is -0.122. The molecule has 0 aromatic carbocycles. The van der Waals surface area contributed by atoms with Gasteiger partial charge in [-0.25, -0.2) is 4.98 Å². The molecule has 0 aliphatic carbocycles. The average Bonchev–Trinajstić information content (AvgIpc) is 2.92. The molecule has 0 saturated carbocycles. The normalized spacial score (nSPS) is 26.8. The smallest absolute Gasteiger partial charge is 0.274 e. The third-order valence-corrected chi connectivity index (χ3v) is 3.39. The standard InChI is InChI=1S/C11H12N4O2/c16-10-8-6-15(5-7(8)3-14-10)11(17)9-4-12-1-2-13-9/h1-2,4,7-8H,3,5-6H2,(H,14,16)/t7-,8+/m1/s1. The van der Waals surface area contributed by atoms with Crippen LogP contribution in [0.15, 0.2) is 18.6 Å². The maximum Gasteiger partial charge on any atom is 0.274 e. The quantitative estimate of drug-likeness (QED) is 0.694. The van der Waals surface area contributed by atoms with Gasteiger partial charge in [0.2, 0.25) is 5.91 Å². The summed E-state index contributed by atoms with van der Waals surface area (Å²) < 4.78 is 0. The van der Waals surface area contributed by atoms with Gasteiger partial charge in [-0.2, -0.15) is 0 Å². The van der Waals surface area contributed by atoms with E-state index in [1.807, 2.05) is 0 Å². The van der Waals surface area contributed by atoms with Crippen LogP contribution in [0.1, 0.15) is 10.5 Å². The van der Waals surface area contributed by atoms with Crippen molar-refractivity contribution in [3.63, 3.8) is 0 Å². The first-order valence-electron chi connectivity index (χ1n) is 5.58. The molecule has 2 fully saturated rings. The molecule has 2 atom stereocenters. The number of carbonyl (C=O) groups excluding carboxylic acids is 2. The van der Waals surface area contributed by atoms with Gasteiger partial charge in [-0.3, -0.25) is 14.6 Å². The Hall–Kier alpha value is -1.98. The molecule has 1 N–H and O–H groups in total. The van der Waals surface area contributed by atoms with Crippen LogP contribution in [-0.2, 0) is 4.79 Å². The number of aromatic nitrogens is 2. The van der Waals surface area contributed by atoms with Gasteiger partial charge < -0.3 is 10.2 Å². The Morgan fingerprint density at radius 1 is 1.41 bits per heavy atom. The summed E-state index contributed by atoms with van der Waals surface area (Å²) in [7, 11) is 0. The van der Waals surface area contributed by atoms with Gasteiger partial charge in [-0.15, -0.1) is 0 Å². The van der Waals surface area contributed by atoms with E-state index in [1.54, 1.807) is 4.90 Å². The van der Waals surface area contributed by atoms with E-state index in [2.05, 4.69) is 15.3 Å². The van der Waals surface area contributed by atoms with Crippen molar-refractivity contribution >= 4 is 11.8 Å². The fourth-order valence-electron chi connectivity index (χ4n) is 2.48. The summed E-state index contributed by atoms with van der Waals surface area (Å²) in [6.07, 6.45) is 4.48. The number of hydrogen-bond donors (Lipinski definition) is 1. The minimum atomic E-state index is -0.139. The first-order chi connectivity index (χ1) is 8.25. The van der Waals surface area contributed by atoms with E-state index in [4.69, 9.17) is 0 Å². The summed E-state index contributed by atoms with van der Waals surface area (Å²) >= 11 is 0. The van der Waals surface area contributed by atoms with Gasteiger partial charge in [0, 0.05) is 37.9 Å². The minimum absolute atomic E-state index is 0.0457. The lowest BCUT2D eigenvalue weighted by Gasteiger charge is -2.16. The number of likely N-dealkylation sites (tertiary alicyclic amines) is 1. The van der Waals surface area contributed by atoms with E-state index >= 15 is 0 Å². The molecular formula is C11H12N4O2. The minimum Gasteiger partial charge on any atom is -0.355 e. The van der Waals surface area contributed by atoms with Crippen molar-refractivity contribution in [2.24, 2.45) is 11.8 Å². The van der Waals surface area contributed by atoms with E-state index in [-0.39, 0.29) is 23.7 Å². The monoisotopic (exact) mass is 232 g/mol. The molecule has 17 heavy (non-hydrogen) atoms. The number of nitrogens with zero attached hydrogens (tertiary/aromatic N) is 3. The Kier molecular flexibility index (Phi) is 2.28. The average molecular weight is 232 g/mol. The van der Waals surface area contributed by atoms with Gasteiger partial charge in [-0.1, -0.05) is 0 Å². The Balaban J connectivity index is 1.76. The highest BCUT2D eigenvalue weighted by Gasteiger charge is 2.43. The van der Waals surface area contributed by atoms with E-state index in [9.17, 15) is 9.59 Å². The number of rotatable bonds is 1. The third-order valence-electron chi connectivity index (χ3n) is 3.39. The van der Waals surface area contributed by atoms with Crippen LogP contribution in [-0.4, -0.2) is 46.3 Å². The molecule has 88 valence electrons. The first-order valence-corrected chi connectivity index (χ1v) is 5.58. The summed E-state index contributed by atoms with van der Waals surface area (Å²) in [5.74, 6) is 0.128. The molecule has 2 amide bonds. The van der Waals surface area contributed by atoms with Crippen LogP contribution in [0.5, 0.6) is 0 Å². The first kappa shape index (κ1) is 10.2. The molecule has 2 aliphatic heterocycles. The largest absolute Gasteiger partial charge is 0.355 e. The Labute approximate surface area is 98.0 Å². The Morgan fingerprint density at radius 2 is 2.29 bits per heavy atom. The van der Waals surface area contributed by atoms with Gasteiger partial charge in [0.1, 0.15) is 5.69 Å². The van der Waals surface area contributed by atoms with E-state index in [1.165, 1.54) is 18.6 Å². The molecule has 0 spiro atoms. The van der Waals surface area contributed by atoms with Crippen molar-refractivity contribution in [2.45, 2.75) is 0 Å². The zero-order valence-electron chi connectivity index (χ0n) is 9.17. The highest BCUT2D eigenvalue weighted by atomic mass is 16.2. The molecule has 1 aromatic heterocycles. The molecule has 0 unspecified atom stereocenters. The molecule has 2 aliphatic rings. The number of carbonyl (C=O) groups is 2. The summed E-state index contributed by atoms with van der Waals surface area (Å²) in [6, 6.07) is 0. The molecule has 6 heteroatoms. The van der Waals surface area contributed by atoms with Gasteiger partial charge >= 0.3 is 0 Å². The van der Waals surface area contributed by atoms with E-state index in [0.29, 0.717) is 25.3 Å². The highest BCUT2D eigenvalue weighted by molar-refractivity contribution is 5.93. The summed E-state index contributed by atoms with van der Waals surface area (Å²) in [6.45, 7) is 1.79. The number of amides is 2. The fourth-order valence-corrected chi connectivity index (χ4v) is 2.48. The molecule has 3 heterocycles. The molecule has 3 rings (SSSR count). The van der Waals surface area contributed by atoms with Crippen molar-refractivity contribution in [2.75, 3.05) is 19.6 Å². The fraction of sp³-hybridized carbons (Fsp3) is 0.455. The van der Waals surface area contributed by atoms with Gasteiger partial charge in [0.05, 0.1) is 12.1 Å². The molecule has 1 aromatic rings. The van der Waals surface area contributed by atoms with Crippen LogP contribution in [0.2, 0.25) is 0 Å². The van der Waals surface area contributed by atoms with Crippen molar-refractivity contribution in [3.8, 4) is 0 Å². The van der Waals surface area contributed by atoms with E-state index in [0.717, 1.165) is 0 Å². The zero-order valence-corrected chi connectivity index (χ0v) is 9.17. The second kappa shape index (κ2) is 3.80. The molecule has 6 nitrogen and oxygen atoms in total. The molecule has 0 bridgehead atoms. The van der Waals surface area contributed by atoms with Crippen molar-refractivity contribution in [3.05, 3.63) is 24.3 Å². The second-order valence-corrected chi connectivity index (χ2v) is 4.41. The van der Waals surface area contributed by atoms with Gasteiger partial charge in [-0.05, 0) is 0 Å². The summed E-state index contributed by atoms with van der Waals surface area (Å²) in [4.78, 5) is 33.1. The topological polar surface area (TPSA) is 75.2 Å². The highest BCUT2D eigenvalue weighted by Crippen LogP contribution is 2.27. The predicted molar refractivity (Wildman–Crippen MR) is 57.9 cm³/mol. The van der Waals surface area contributed by atoms with E-state index < -0.39 is 0 Å². The summed E-state index contributed by atoms with van der Waals surface area (Å²) in [5, 5.41) is 2.82. The molecule has 2 saturated heterocycles. The second-order valence-electron chi connectivity index (χ2n) is 4.41. The van der Waals surface area contributed by atoms with Gasteiger partial charge in [0.25, 0.3) is 5.91 Å². The number of hydrogen-bond acceptors (Lipinski definition) is 4. The van der Waals surface area contributed by atoms with Crippen LogP contribution < -0.4 is 5.32 Å². The lowest BCUT2D eigenvalue weighted by atomic mass is 10.0. The number of fused-ring (bicyclic) bond motifs is 1. The SMILES string of the molecule is O=C1NC[C@@H]2CN(C(=O)c3cnccn3)C[C@H]12. The molecule has 0 radical (unpaired) electrons. The van der Waals surface area contributed by atoms with Crippen LogP contribution in [0, 0.1) is 11.8 Å². The van der Waals surface area contributed by atoms with Crippen LogP contribution >= 0.6 is 0 Å². The Bertz CT molecular complexity index is 462. The van der Waals surface area contributed by atoms with Crippen LogP contribution in [0.3, 0.4) is 0 Å². The number of nitrogens with one attached hydrogen (secondary N) is 1. The van der Waals surface area contributed by atoms with Crippen molar-refractivity contribution in [1.82, 2.24) is 20.2 Å². The van der Waals surface area contributed by atoms with Crippen LogP contribution in [0.4, 0.5) is 0 Å². The maximum absolute atomic E-state index is 12.1. The zero-order chi connectivity index (χ0) is 11.8. The third kappa shape index (κ3) is 1.65. The van der Waals surface area contributed by atoms with Crippen LogP contribution in [0.25, 0.3) is 0 Å². The molecular weight excluding hydrogens is 220 g/mol. The lowest BCUT2D eigenvalue weighted by Crippen LogP contribution is -2.33. The predicted octanol–water partition coefficient (Wildman–Crippen LogP) is -0.705. The van der Waals surface area contributed by atoms with Crippen molar-refractivity contribution < 1.29 is 9.59 Å². The summed E-state index contributed by atoms with van der Waals surface area (Å²) in [5.41, 5.74) is 0.341. The van der Waals surface area contributed by atoms with Gasteiger partial charge in [0.15, 0.2) is 0 Å².